The van der Waals surface area contributed by atoms with Crippen LogP contribution in [0, 0.1) is 6.92 Å². The van der Waals surface area contributed by atoms with Crippen LogP contribution in [0.5, 0.6) is 0 Å². The number of hydrogen-bond acceptors (Lipinski definition) is 4. The lowest BCUT2D eigenvalue weighted by Gasteiger charge is -2.04. The summed E-state index contributed by atoms with van der Waals surface area (Å²) < 4.78 is 0. The van der Waals surface area contributed by atoms with Crippen LogP contribution in [0.1, 0.15) is 15.4 Å². The minimum Gasteiger partial charge on any atom is -0.392 e. The summed E-state index contributed by atoms with van der Waals surface area (Å²) in [5.74, 6) is -0.0598. The maximum atomic E-state index is 11.8. The van der Waals surface area contributed by atoms with Crippen molar-refractivity contribution in [1.82, 2.24) is 4.98 Å². The monoisotopic (exact) mass is 262 g/mol. The molecule has 2 aromatic rings. The molecule has 94 valence electrons. The average Bonchev–Trinajstić information content (AvgIpc) is 2.75. The summed E-state index contributed by atoms with van der Waals surface area (Å²) in [5.41, 5.74) is 1.56. The first-order valence-corrected chi connectivity index (χ1v) is 6.40. The number of aliphatic hydroxyl groups excluding tert-OH is 1. The van der Waals surface area contributed by atoms with E-state index in [1.807, 2.05) is 6.92 Å². The Morgan fingerprint density at radius 2 is 2.11 bits per heavy atom. The number of carbonyl (C=O) groups is 1. The van der Waals surface area contributed by atoms with E-state index in [4.69, 9.17) is 5.11 Å². The van der Waals surface area contributed by atoms with Gasteiger partial charge in [-0.15, -0.1) is 11.3 Å². The first-order chi connectivity index (χ1) is 8.67. The highest BCUT2D eigenvalue weighted by Crippen LogP contribution is 2.14. The number of rotatable bonds is 4. The van der Waals surface area contributed by atoms with Gasteiger partial charge >= 0.3 is 0 Å². The second-order valence-corrected chi connectivity index (χ2v) is 5.24. The van der Waals surface area contributed by atoms with E-state index in [-0.39, 0.29) is 12.5 Å². The van der Waals surface area contributed by atoms with E-state index >= 15 is 0 Å². The maximum absolute atomic E-state index is 11.8. The van der Waals surface area contributed by atoms with Crippen LogP contribution in [0.2, 0.25) is 0 Å². The van der Waals surface area contributed by atoms with Gasteiger partial charge in [0, 0.05) is 16.8 Å². The standard InChI is InChI=1S/C13H14N2O2S/c1-9-14-7-12(18-9)6-13(17)15-11-4-2-10(8-16)3-5-11/h2-5,7,16H,6,8H2,1H3,(H,15,17). The number of aromatic nitrogens is 1. The number of aliphatic hydroxyl groups is 1. The SMILES string of the molecule is Cc1ncc(CC(=O)Nc2ccc(CO)cc2)s1. The Morgan fingerprint density at radius 3 is 2.67 bits per heavy atom. The molecule has 1 aromatic carbocycles. The van der Waals surface area contributed by atoms with Crippen LogP contribution in [-0.2, 0) is 17.8 Å². The van der Waals surface area contributed by atoms with Crippen molar-refractivity contribution in [3.05, 3.63) is 45.9 Å². The van der Waals surface area contributed by atoms with Crippen LogP contribution in [0.25, 0.3) is 0 Å². The van der Waals surface area contributed by atoms with Gasteiger partial charge in [-0.05, 0) is 24.6 Å². The van der Waals surface area contributed by atoms with Crippen molar-refractivity contribution >= 4 is 22.9 Å². The molecular weight excluding hydrogens is 248 g/mol. The van der Waals surface area contributed by atoms with Crippen LogP contribution in [0.4, 0.5) is 5.69 Å². The van der Waals surface area contributed by atoms with Gasteiger partial charge in [0.15, 0.2) is 0 Å². The molecule has 4 nitrogen and oxygen atoms in total. The predicted molar refractivity (Wildman–Crippen MR) is 71.5 cm³/mol. The Morgan fingerprint density at radius 1 is 1.39 bits per heavy atom. The number of benzene rings is 1. The lowest BCUT2D eigenvalue weighted by Crippen LogP contribution is -2.13. The molecule has 0 aliphatic carbocycles. The molecule has 0 radical (unpaired) electrons. The number of carbonyl (C=O) groups excluding carboxylic acids is 1. The summed E-state index contributed by atoms with van der Waals surface area (Å²) in [6, 6.07) is 7.13. The summed E-state index contributed by atoms with van der Waals surface area (Å²) in [5, 5.41) is 12.7. The Labute approximate surface area is 109 Å². The Kier molecular flexibility index (Phi) is 4.07. The van der Waals surface area contributed by atoms with Gasteiger partial charge in [0.25, 0.3) is 0 Å². The molecule has 0 saturated heterocycles. The smallest absolute Gasteiger partial charge is 0.229 e. The summed E-state index contributed by atoms with van der Waals surface area (Å²) in [6.45, 7) is 1.92. The van der Waals surface area contributed by atoms with Gasteiger partial charge < -0.3 is 10.4 Å². The van der Waals surface area contributed by atoms with Gasteiger partial charge in [-0.3, -0.25) is 4.79 Å². The minimum atomic E-state index is -0.0598. The van der Waals surface area contributed by atoms with Gasteiger partial charge in [-0.1, -0.05) is 12.1 Å². The lowest BCUT2D eigenvalue weighted by atomic mass is 10.2. The second kappa shape index (κ2) is 5.75. The molecule has 1 aromatic heterocycles. The van der Waals surface area contributed by atoms with Gasteiger partial charge in [0.2, 0.25) is 5.91 Å². The molecule has 0 saturated carbocycles. The summed E-state index contributed by atoms with van der Waals surface area (Å²) in [4.78, 5) is 16.8. The Hall–Kier alpha value is -1.72. The van der Waals surface area contributed by atoms with Gasteiger partial charge in [-0.25, -0.2) is 4.98 Å². The van der Waals surface area contributed by atoms with E-state index in [0.717, 1.165) is 21.1 Å². The number of nitrogens with one attached hydrogen (secondary N) is 1. The zero-order valence-electron chi connectivity index (χ0n) is 10.0. The largest absolute Gasteiger partial charge is 0.392 e. The number of hydrogen-bond donors (Lipinski definition) is 2. The highest BCUT2D eigenvalue weighted by atomic mass is 32.1. The van der Waals surface area contributed by atoms with Crippen molar-refractivity contribution in [1.29, 1.82) is 0 Å². The number of amides is 1. The molecule has 0 unspecified atom stereocenters. The fourth-order valence-electron chi connectivity index (χ4n) is 1.54. The van der Waals surface area contributed by atoms with Crippen LogP contribution in [0.3, 0.4) is 0 Å². The van der Waals surface area contributed by atoms with Gasteiger partial charge in [0.05, 0.1) is 18.0 Å². The van der Waals surface area contributed by atoms with E-state index in [9.17, 15) is 4.79 Å². The van der Waals surface area contributed by atoms with Crippen molar-refractivity contribution in [2.75, 3.05) is 5.32 Å². The van der Waals surface area contributed by atoms with Crippen LogP contribution in [0.15, 0.2) is 30.5 Å². The highest BCUT2D eigenvalue weighted by molar-refractivity contribution is 7.11. The Balaban J connectivity index is 1.94. The summed E-state index contributed by atoms with van der Waals surface area (Å²) >= 11 is 1.53. The van der Waals surface area contributed by atoms with E-state index in [1.165, 1.54) is 11.3 Å². The molecule has 2 rings (SSSR count). The molecule has 1 heterocycles. The molecule has 18 heavy (non-hydrogen) atoms. The first kappa shape index (κ1) is 12.7. The van der Waals surface area contributed by atoms with E-state index in [0.29, 0.717) is 6.42 Å². The number of aryl methyl sites for hydroxylation is 1. The summed E-state index contributed by atoms with van der Waals surface area (Å²) in [7, 11) is 0. The minimum absolute atomic E-state index is 0.00830. The number of thiazole rings is 1. The third-order valence-electron chi connectivity index (χ3n) is 2.42. The fraction of sp³-hybridized carbons (Fsp3) is 0.231. The third kappa shape index (κ3) is 3.38. The maximum Gasteiger partial charge on any atom is 0.229 e. The van der Waals surface area contributed by atoms with Crippen molar-refractivity contribution in [3.63, 3.8) is 0 Å². The summed E-state index contributed by atoms with van der Waals surface area (Å²) in [6.07, 6.45) is 2.07. The quantitative estimate of drug-likeness (QED) is 0.887. The van der Waals surface area contributed by atoms with Crippen molar-refractivity contribution in [2.45, 2.75) is 20.0 Å². The predicted octanol–water partition coefficient (Wildman–Crippen LogP) is 2.13. The molecule has 0 atom stereocenters. The molecule has 0 spiro atoms. The average molecular weight is 262 g/mol. The van der Waals surface area contributed by atoms with Crippen molar-refractivity contribution < 1.29 is 9.90 Å². The number of nitrogens with zero attached hydrogens (tertiary/aromatic N) is 1. The zero-order chi connectivity index (χ0) is 13.0. The van der Waals surface area contributed by atoms with E-state index in [1.54, 1.807) is 30.5 Å². The van der Waals surface area contributed by atoms with Gasteiger partial charge in [-0.2, -0.15) is 0 Å². The molecule has 0 bridgehead atoms. The number of anilines is 1. The normalized spacial score (nSPS) is 10.3. The van der Waals surface area contributed by atoms with Crippen LogP contribution < -0.4 is 5.32 Å². The molecule has 2 N–H and O–H groups in total. The molecule has 0 aliphatic heterocycles. The highest BCUT2D eigenvalue weighted by Gasteiger charge is 2.06. The topological polar surface area (TPSA) is 62.2 Å². The van der Waals surface area contributed by atoms with Gasteiger partial charge in [0.1, 0.15) is 0 Å². The molecule has 0 fully saturated rings. The molecule has 5 heteroatoms. The third-order valence-corrected chi connectivity index (χ3v) is 3.34. The van der Waals surface area contributed by atoms with E-state index < -0.39 is 0 Å². The molecule has 1 amide bonds. The van der Waals surface area contributed by atoms with Crippen molar-refractivity contribution in [2.24, 2.45) is 0 Å². The van der Waals surface area contributed by atoms with Crippen molar-refractivity contribution in [3.8, 4) is 0 Å². The molecule has 0 aliphatic rings. The van der Waals surface area contributed by atoms with E-state index in [2.05, 4.69) is 10.3 Å². The van der Waals surface area contributed by atoms with Crippen LogP contribution in [-0.4, -0.2) is 16.0 Å². The second-order valence-electron chi connectivity index (χ2n) is 3.93. The first-order valence-electron chi connectivity index (χ1n) is 5.58. The zero-order valence-corrected chi connectivity index (χ0v) is 10.8. The Bertz CT molecular complexity index is 534. The lowest BCUT2D eigenvalue weighted by molar-refractivity contribution is -0.115. The molecular formula is C13H14N2O2S. The van der Waals surface area contributed by atoms with Crippen LogP contribution >= 0.6 is 11.3 Å². The fourth-order valence-corrected chi connectivity index (χ4v) is 2.34.